The molecule has 1 aliphatic rings. The van der Waals surface area contributed by atoms with Crippen LogP contribution in [0, 0.1) is 5.41 Å². The van der Waals surface area contributed by atoms with Gasteiger partial charge in [0.05, 0.1) is 0 Å². The fourth-order valence-corrected chi connectivity index (χ4v) is 9.97. The van der Waals surface area contributed by atoms with Crippen LogP contribution in [0.3, 0.4) is 0 Å². The molecule has 1 saturated heterocycles. The van der Waals surface area contributed by atoms with Gasteiger partial charge in [-0.3, -0.25) is 4.79 Å². The number of cyclic esters (lactones) is 1. The fraction of sp³-hybridized carbons (Fsp3) is 0.312. The van der Waals surface area contributed by atoms with Gasteiger partial charge < -0.3 is 9.16 Å². The molecule has 0 bridgehead atoms. The zero-order valence-corrected chi connectivity index (χ0v) is 23.7. The zero-order chi connectivity index (χ0) is 27.4. The summed E-state index contributed by atoms with van der Waals surface area (Å²) in [5, 5.41) is 2.14. The molecule has 1 aliphatic heterocycles. The molecule has 198 valence electrons. The molecule has 4 rings (SSSR count). The van der Waals surface area contributed by atoms with Crippen molar-refractivity contribution in [2.24, 2.45) is 5.41 Å². The van der Waals surface area contributed by atoms with Crippen molar-refractivity contribution in [2.75, 3.05) is 13.2 Å². The van der Waals surface area contributed by atoms with E-state index in [2.05, 4.69) is 51.6 Å². The largest absolute Gasteiger partial charge is 0.446 e. The van der Waals surface area contributed by atoms with Crippen LogP contribution in [0.2, 0.25) is 5.04 Å². The SMILES string of the molecule is C=C[C@](C)(CO[Si](c1ccccc1)(c1ccccc1)C(C)(C)C)CC(=O)N1C(=O)OC[C@H]1c1ccccc1. The third-order valence-corrected chi connectivity index (χ3v) is 12.4. The summed E-state index contributed by atoms with van der Waals surface area (Å²) in [6, 6.07) is 29.9. The highest BCUT2D eigenvalue weighted by atomic mass is 28.4. The molecule has 6 heteroatoms. The predicted molar refractivity (Wildman–Crippen MR) is 154 cm³/mol. The second-order valence-corrected chi connectivity index (χ2v) is 15.6. The summed E-state index contributed by atoms with van der Waals surface area (Å²) in [5.41, 5.74) is 0.171. The molecule has 1 fully saturated rings. The third kappa shape index (κ3) is 5.38. The Labute approximate surface area is 227 Å². The van der Waals surface area contributed by atoms with Gasteiger partial charge in [0.15, 0.2) is 0 Å². The highest BCUT2D eigenvalue weighted by Crippen LogP contribution is 2.39. The van der Waals surface area contributed by atoms with Gasteiger partial charge in [0.25, 0.3) is 8.32 Å². The Kier molecular flexibility index (Phi) is 8.04. The molecule has 0 spiro atoms. The molecule has 0 N–H and O–H groups in total. The molecule has 5 nitrogen and oxygen atoms in total. The van der Waals surface area contributed by atoms with Crippen LogP contribution in [0.25, 0.3) is 0 Å². The molecule has 1 heterocycles. The lowest BCUT2D eigenvalue weighted by molar-refractivity contribution is -0.131. The number of hydrogen-bond acceptors (Lipinski definition) is 4. The van der Waals surface area contributed by atoms with Gasteiger partial charge in [0, 0.05) is 18.4 Å². The van der Waals surface area contributed by atoms with Crippen molar-refractivity contribution in [3.05, 3.63) is 109 Å². The van der Waals surface area contributed by atoms with Crippen molar-refractivity contribution in [1.29, 1.82) is 0 Å². The van der Waals surface area contributed by atoms with E-state index in [0.29, 0.717) is 0 Å². The Morgan fingerprint density at radius 1 is 0.947 bits per heavy atom. The third-order valence-electron chi connectivity index (χ3n) is 7.41. The van der Waals surface area contributed by atoms with E-state index in [-0.39, 0.29) is 30.6 Å². The highest BCUT2D eigenvalue weighted by molar-refractivity contribution is 6.99. The summed E-state index contributed by atoms with van der Waals surface area (Å²) < 4.78 is 12.4. The summed E-state index contributed by atoms with van der Waals surface area (Å²) in [5.74, 6) is -0.296. The van der Waals surface area contributed by atoms with Crippen LogP contribution in [0.5, 0.6) is 0 Å². The van der Waals surface area contributed by atoms with E-state index >= 15 is 0 Å². The number of ether oxygens (including phenoxy) is 1. The van der Waals surface area contributed by atoms with Crippen LogP contribution in [-0.4, -0.2) is 38.4 Å². The van der Waals surface area contributed by atoms with Crippen molar-refractivity contribution in [3.8, 4) is 0 Å². The van der Waals surface area contributed by atoms with Crippen molar-refractivity contribution in [2.45, 2.75) is 45.2 Å². The standard InChI is InChI=1S/C32H37NO4Si/c1-6-32(5,22-29(34)33-28(23-36-30(33)35)25-16-10-7-11-17-25)24-37-38(31(2,3)4,26-18-12-8-13-19-26)27-20-14-9-15-21-27/h6-21,28H,1,22-24H2,2-5H3/t28-,32-/m0/s1. The molecule has 0 aliphatic carbocycles. The Morgan fingerprint density at radius 2 is 1.45 bits per heavy atom. The first-order chi connectivity index (χ1) is 18.1. The summed E-state index contributed by atoms with van der Waals surface area (Å²) in [4.78, 5) is 27.5. The number of amides is 2. The topological polar surface area (TPSA) is 55.8 Å². The second kappa shape index (κ2) is 11.1. The monoisotopic (exact) mass is 527 g/mol. The number of nitrogens with zero attached hydrogens (tertiary/aromatic N) is 1. The first-order valence-electron chi connectivity index (χ1n) is 13.0. The minimum absolute atomic E-state index is 0.0765. The van der Waals surface area contributed by atoms with Crippen LogP contribution in [0.15, 0.2) is 104 Å². The lowest BCUT2D eigenvalue weighted by Crippen LogP contribution is -2.67. The van der Waals surface area contributed by atoms with E-state index in [4.69, 9.17) is 9.16 Å². The van der Waals surface area contributed by atoms with Gasteiger partial charge in [0.1, 0.15) is 12.6 Å². The average molecular weight is 528 g/mol. The summed E-state index contributed by atoms with van der Waals surface area (Å²) in [6.45, 7) is 13.1. The lowest BCUT2D eigenvalue weighted by atomic mass is 9.87. The number of carbonyl (C=O) groups is 2. The summed E-state index contributed by atoms with van der Waals surface area (Å²) in [6.07, 6.45) is 1.25. The van der Waals surface area contributed by atoms with E-state index in [0.717, 1.165) is 5.56 Å². The van der Waals surface area contributed by atoms with E-state index in [9.17, 15) is 9.59 Å². The van der Waals surface area contributed by atoms with Gasteiger partial charge in [0.2, 0.25) is 5.91 Å². The molecule has 0 saturated carbocycles. The predicted octanol–water partition coefficient (Wildman–Crippen LogP) is 5.87. The minimum atomic E-state index is -2.80. The molecule has 38 heavy (non-hydrogen) atoms. The lowest BCUT2D eigenvalue weighted by Gasteiger charge is -2.44. The second-order valence-electron chi connectivity index (χ2n) is 11.3. The van der Waals surface area contributed by atoms with Gasteiger partial charge in [-0.05, 0) is 21.0 Å². The zero-order valence-electron chi connectivity index (χ0n) is 22.7. The van der Waals surface area contributed by atoms with Gasteiger partial charge in [-0.1, -0.05) is 125 Å². The van der Waals surface area contributed by atoms with Crippen molar-refractivity contribution < 1.29 is 18.8 Å². The maximum Gasteiger partial charge on any atom is 0.417 e. The quantitative estimate of drug-likeness (QED) is 0.258. The molecule has 0 unspecified atom stereocenters. The first-order valence-corrected chi connectivity index (χ1v) is 14.9. The number of hydrogen-bond donors (Lipinski definition) is 0. The van der Waals surface area contributed by atoms with Gasteiger partial charge in [-0.2, -0.15) is 0 Å². The summed E-state index contributed by atoms with van der Waals surface area (Å²) >= 11 is 0. The van der Waals surface area contributed by atoms with Gasteiger partial charge in [-0.25, -0.2) is 9.69 Å². The Hall–Kier alpha value is -3.48. The van der Waals surface area contributed by atoms with Crippen LogP contribution in [-0.2, 0) is 14.0 Å². The van der Waals surface area contributed by atoms with E-state index in [1.54, 1.807) is 6.08 Å². The van der Waals surface area contributed by atoms with E-state index in [1.165, 1.54) is 15.3 Å². The Balaban J connectivity index is 1.64. The number of imide groups is 1. The van der Waals surface area contributed by atoms with Crippen LogP contribution in [0.4, 0.5) is 4.79 Å². The smallest absolute Gasteiger partial charge is 0.417 e. The van der Waals surface area contributed by atoms with Crippen LogP contribution < -0.4 is 10.4 Å². The molecule has 3 aromatic rings. The maximum absolute atomic E-state index is 13.6. The molecule has 0 radical (unpaired) electrons. The fourth-order valence-electron chi connectivity index (χ4n) is 5.27. The Morgan fingerprint density at radius 3 is 1.92 bits per heavy atom. The normalized spacial score (nSPS) is 17.5. The average Bonchev–Trinajstić information content (AvgIpc) is 3.31. The van der Waals surface area contributed by atoms with E-state index < -0.39 is 25.9 Å². The summed E-state index contributed by atoms with van der Waals surface area (Å²) in [7, 11) is -2.80. The highest BCUT2D eigenvalue weighted by Gasteiger charge is 2.51. The molecular formula is C32H37NO4Si. The Bertz CT molecular complexity index is 1220. The van der Waals surface area contributed by atoms with E-state index in [1.807, 2.05) is 73.7 Å². The molecular weight excluding hydrogens is 490 g/mol. The number of benzene rings is 3. The van der Waals surface area contributed by atoms with Crippen molar-refractivity contribution in [3.63, 3.8) is 0 Å². The maximum atomic E-state index is 13.6. The molecule has 3 aromatic carbocycles. The van der Waals surface area contributed by atoms with Crippen LogP contribution in [0.1, 0.15) is 45.7 Å². The molecule has 2 amide bonds. The van der Waals surface area contributed by atoms with Crippen molar-refractivity contribution >= 4 is 30.7 Å². The number of rotatable bonds is 9. The van der Waals surface area contributed by atoms with Gasteiger partial charge in [-0.15, -0.1) is 6.58 Å². The van der Waals surface area contributed by atoms with Crippen molar-refractivity contribution in [1.82, 2.24) is 4.90 Å². The van der Waals surface area contributed by atoms with Crippen LogP contribution >= 0.6 is 0 Å². The first kappa shape index (κ1) is 27.5. The molecule has 0 aromatic heterocycles. The minimum Gasteiger partial charge on any atom is -0.446 e. The van der Waals surface area contributed by atoms with Gasteiger partial charge >= 0.3 is 6.09 Å². The number of carbonyl (C=O) groups excluding carboxylic acids is 2. The molecule has 2 atom stereocenters.